The number of nitrogens with zero attached hydrogens (tertiary/aromatic N) is 2. The maximum Gasteiger partial charge on any atom is 0.267 e. The second kappa shape index (κ2) is 9.82. The van der Waals surface area contributed by atoms with E-state index >= 15 is 0 Å². The van der Waals surface area contributed by atoms with Gasteiger partial charge < -0.3 is 14.4 Å². The first-order valence-electron chi connectivity index (χ1n) is 9.59. The number of carbonyl (C=O) groups excluding carboxylic acids is 1. The van der Waals surface area contributed by atoms with Crippen LogP contribution in [-0.2, 0) is 14.8 Å². The fourth-order valence-corrected chi connectivity index (χ4v) is 4.85. The monoisotopic (exact) mass is 447 g/mol. The van der Waals surface area contributed by atoms with Crippen LogP contribution in [0.3, 0.4) is 0 Å². The summed E-state index contributed by atoms with van der Waals surface area (Å²) >= 11 is 0. The second-order valence-electron chi connectivity index (χ2n) is 6.78. The molecule has 0 atom stereocenters. The number of para-hydroxylation sites is 1. The number of anilines is 1. The van der Waals surface area contributed by atoms with Crippen LogP contribution in [0.1, 0.15) is 5.56 Å². The average Bonchev–Trinajstić information content (AvgIpc) is 2.82. The van der Waals surface area contributed by atoms with E-state index in [1.54, 1.807) is 17.6 Å². The molecule has 1 aliphatic heterocycles. The Morgan fingerprint density at radius 1 is 1.03 bits per heavy atom. The van der Waals surface area contributed by atoms with Crippen LogP contribution >= 0.6 is 0 Å². The van der Waals surface area contributed by atoms with Gasteiger partial charge in [0.1, 0.15) is 0 Å². The minimum atomic E-state index is -3.68. The third-order valence-electron chi connectivity index (χ3n) is 5.03. The van der Waals surface area contributed by atoms with Gasteiger partial charge in [0.25, 0.3) is 5.91 Å². The van der Waals surface area contributed by atoms with Crippen molar-refractivity contribution in [1.29, 1.82) is 0 Å². The van der Waals surface area contributed by atoms with Crippen LogP contribution < -0.4 is 19.9 Å². The number of nitrogens with one attached hydrogen (secondary N) is 1. The van der Waals surface area contributed by atoms with E-state index in [4.69, 9.17) is 14.7 Å². The Bertz CT molecular complexity index is 1060. The summed E-state index contributed by atoms with van der Waals surface area (Å²) in [7, 11) is -0.728. The van der Waals surface area contributed by atoms with Gasteiger partial charge in [-0.3, -0.25) is 10.0 Å². The maximum atomic E-state index is 13.1. The van der Waals surface area contributed by atoms with E-state index < -0.39 is 15.9 Å². The number of methoxy groups -OCH3 is 2. The van der Waals surface area contributed by atoms with E-state index in [0.717, 1.165) is 11.3 Å². The number of hydroxylamine groups is 1. The summed E-state index contributed by atoms with van der Waals surface area (Å²) in [4.78, 5) is 13.5. The molecule has 1 saturated heterocycles. The van der Waals surface area contributed by atoms with Gasteiger partial charge in [-0.25, -0.2) is 13.9 Å². The topological polar surface area (TPSA) is 108 Å². The molecule has 166 valence electrons. The lowest BCUT2D eigenvalue weighted by atomic mass is 10.1. The highest BCUT2D eigenvalue weighted by molar-refractivity contribution is 7.89. The predicted molar refractivity (Wildman–Crippen MR) is 116 cm³/mol. The number of rotatable bonds is 7. The van der Waals surface area contributed by atoms with Gasteiger partial charge in [0.15, 0.2) is 11.5 Å². The number of benzene rings is 2. The normalized spacial score (nSPS) is 15.1. The Kier molecular flexibility index (Phi) is 7.16. The number of ether oxygens (including phenoxy) is 2. The minimum Gasteiger partial charge on any atom is -0.493 e. The first-order valence-corrected chi connectivity index (χ1v) is 11.0. The fourth-order valence-electron chi connectivity index (χ4n) is 3.41. The molecule has 1 amide bonds. The molecule has 0 spiro atoms. The lowest BCUT2D eigenvalue weighted by Gasteiger charge is -2.36. The largest absolute Gasteiger partial charge is 0.493 e. The molecule has 9 nitrogen and oxygen atoms in total. The molecule has 0 aliphatic carbocycles. The first kappa shape index (κ1) is 22.6. The van der Waals surface area contributed by atoms with Crippen LogP contribution in [0.15, 0.2) is 53.4 Å². The Morgan fingerprint density at radius 2 is 1.71 bits per heavy atom. The summed E-state index contributed by atoms with van der Waals surface area (Å²) in [6.07, 6.45) is 2.84. The van der Waals surface area contributed by atoms with Crippen molar-refractivity contribution in [2.75, 3.05) is 45.3 Å². The van der Waals surface area contributed by atoms with E-state index in [-0.39, 0.29) is 4.90 Å². The average molecular weight is 448 g/mol. The summed E-state index contributed by atoms with van der Waals surface area (Å²) in [5.41, 5.74) is 3.23. The van der Waals surface area contributed by atoms with Crippen molar-refractivity contribution < 1.29 is 27.9 Å². The smallest absolute Gasteiger partial charge is 0.267 e. The lowest BCUT2D eigenvalue weighted by molar-refractivity contribution is -0.124. The van der Waals surface area contributed by atoms with Gasteiger partial charge in [0.05, 0.1) is 19.1 Å². The second-order valence-corrected chi connectivity index (χ2v) is 8.71. The van der Waals surface area contributed by atoms with Crippen LogP contribution in [0.2, 0.25) is 0 Å². The highest BCUT2D eigenvalue weighted by atomic mass is 32.2. The Balaban J connectivity index is 1.75. The zero-order chi connectivity index (χ0) is 22.4. The van der Waals surface area contributed by atoms with Gasteiger partial charge in [-0.2, -0.15) is 4.31 Å². The van der Waals surface area contributed by atoms with Gasteiger partial charge in [-0.1, -0.05) is 18.2 Å². The van der Waals surface area contributed by atoms with Gasteiger partial charge in [0.2, 0.25) is 10.0 Å². The molecule has 2 aromatic rings. The van der Waals surface area contributed by atoms with Gasteiger partial charge in [-0.15, -0.1) is 0 Å². The highest BCUT2D eigenvalue weighted by Crippen LogP contribution is 2.31. The molecular formula is C21H25N3O6S. The van der Waals surface area contributed by atoms with Crippen molar-refractivity contribution in [3.63, 3.8) is 0 Å². The van der Waals surface area contributed by atoms with Crippen molar-refractivity contribution >= 4 is 27.7 Å². The maximum absolute atomic E-state index is 13.1. The van der Waals surface area contributed by atoms with E-state index in [0.29, 0.717) is 37.7 Å². The van der Waals surface area contributed by atoms with Crippen LogP contribution in [0.25, 0.3) is 6.08 Å². The van der Waals surface area contributed by atoms with Crippen molar-refractivity contribution in [3.05, 3.63) is 54.1 Å². The molecule has 10 heteroatoms. The standard InChI is InChI=1S/C21H25N3O6S/c1-29-19-9-8-17(15-20(19)30-2)31(27,28)24-13-11-23(12-14-24)18-6-4-3-5-16(18)7-10-21(25)22-26/h3-10,15,26H,11-14H2,1-2H3,(H,22,25)/b10-7+. The third kappa shape index (κ3) is 4.98. The zero-order valence-corrected chi connectivity index (χ0v) is 18.1. The number of piperazine rings is 1. The quantitative estimate of drug-likeness (QED) is 0.378. The lowest BCUT2D eigenvalue weighted by Crippen LogP contribution is -2.48. The highest BCUT2D eigenvalue weighted by Gasteiger charge is 2.29. The molecule has 2 aromatic carbocycles. The summed E-state index contributed by atoms with van der Waals surface area (Å²) in [6, 6.07) is 12.0. The van der Waals surface area contributed by atoms with Crippen molar-refractivity contribution in [2.45, 2.75) is 4.90 Å². The summed E-state index contributed by atoms with van der Waals surface area (Å²) in [5, 5.41) is 8.65. The van der Waals surface area contributed by atoms with E-state index in [1.807, 2.05) is 24.3 Å². The molecule has 0 aromatic heterocycles. The molecule has 1 heterocycles. The van der Waals surface area contributed by atoms with Gasteiger partial charge in [0, 0.05) is 44.0 Å². The zero-order valence-electron chi connectivity index (χ0n) is 17.3. The van der Waals surface area contributed by atoms with Gasteiger partial charge in [-0.05, 0) is 29.8 Å². The van der Waals surface area contributed by atoms with Crippen LogP contribution in [0, 0.1) is 0 Å². The number of hydrogen-bond donors (Lipinski definition) is 2. The summed E-state index contributed by atoms with van der Waals surface area (Å²) < 4.78 is 38.1. The minimum absolute atomic E-state index is 0.150. The molecular weight excluding hydrogens is 422 g/mol. The van der Waals surface area contributed by atoms with Crippen molar-refractivity contribution in [2.24, 2.45) is 0 Å². The molecule has 0 unspecified atom stereocenters. The molecule has 2 N–H and O–H groups in total. The molecule has 3 rings (SSSR count). The third-order valence-corrected chi connectivity index (χ3v) is 6.93. The predicted octanol–water partition coefficient (Wildman–Crippen LogP) is 1.73. The number of amides is 1. The first-order chi connectivity index (χ1) is 14.9. The number of hydrogen-bond acceptors (Lipinski definition) is 7. The van der Waals surface area contributed by atoms with Crippen molar-refractivity contribution in [1.82, 2.24) is 9.79 Å². The van der Waals surface area contributed by atoms with E-state index in [9.17, 15) is 13.2 Å². The Labute approximate surface area is 181 Å². The number of sulfonamides is 1. The molecule has 0 saturated carbocycles. The molecule has 0 radical (unpaired) electrons. The Hall–Kier alpha value is -3.08. The Morgan fingerprint density at radius 3 is 2.35 bits per heavy atom. The fraction of sp³-hybridized carbons (Fsp3) is 0.286. The van der Waals surface area contributed by atoms with Crippen LogP contribution in [0.4, 0.5) is 5.69 Å². The summed E-state index contributed by atoms with van der Waals surface area (Å²) in [6.45, 7) is 1.60. The molecule has 1 fully saturated rings. The molecule has 1 aliphatic rings. The number of carbonyl (C=O) groups is 1. The van der Waals surface area contributed by atoms with Crippen molar-refractivity contribution in [3.8, 4) is 11.5 Å². The van der Waals surface area contributed by atoms with E-state index in [2.05, 4.69) is 4.90 Å². The summed E-state index contributed by atoms with van der Waals surface area (Å²) in [5.74, 6) is 0.196. The van der Waals surface area contributed by atoms with Gasteiger partial charge >= 0.3 is 0 Å². The molecule has 0 bridgehead atoms. The SMILES string of the molecule is COc1ccc(S(=O)(=O)N2CCN(c3ccccc3/C=C/C(=O)NO)CC2)cc1OC. The van der Waals surface area contributed by atoms with Crippen LogP contribution in [0.5, 0.6) is 11.5 Å². The van der Waals surface area contributed by atoms with E-state index in [1.165, 1.54) is 36.7 Å². The molecule has 31 heavy (non-hydrogen) atoms. The van der Waals surface area contributed by atoms with Crippen LogP contribution in [-0.4, -0.2) is 64.2 Å².